The molecule has 0 heterocycles. The first-order valence-electron chi connectivity index (χ1n) is 3.43. The second kappa shape index (κ2) is 3.69. The molecule has 0 aliphatic heterocycles. The number of rotatable bonds is 0. The summed E-state index contributed by atoms with van der Waals surface area (Å²) in [6, 6.07) is 0. The molecule has 0 atom stereocenters. The summed E-state index contributed by atoms with van der Waals surface area (Å²) < 4.78 is 38.9. The van der Waals surface area contributed by atoms with Crippen molar-refractivity contribution in [2.45, 2.75) is 32.5 Å². The van der Waals surface area contributed by atoms with E-state index in [4.69, 9.17) is 0 Å². The van der Waals surface area contributed by atoms with Crippen LogP contribution in [0.4, 0.5) is 13.2 Å². The maximum Gasteiger partial charge on any atom is 0.458 e. The zero-order valence-electron chi connectivity index (χ0n) is 7.45. The molecule has 0 spiro atoms. The lowest BCUT2D eigenvalue weighted by Crippen LogP contribution is -2.23. The van der Waals surface area contributed by atoms with Crippen LogP contribution in [-0.2, 0) is 9.53 Å². The highest BCUT2D eigenvalue weighted by atomic mass is 19.4. The molecular formula is C8H9F3O2. The summed E-state index contributed by atoms with van der Waals surface area (Å²) in [6.45, 7) is 4.63. The smallest absolute Gasteiger partial charge is 0.450 e. The monoisotopic (exact) mass is 194 g/mol. The van der Waals surface area contributed by atoms with Crippen molar-refractivity contribution in [1.82, 2.24) is 0 Å². The van der Waals surface area contributed by atoms with E-state index in [0.717, 1.165) is 5.92 Å². The van der Waals surface area contributed by atoms with E-state index in [1.807, 2.05) is 0 Å². The molecule has 0 unspecified atom stereocenters. The summed E-state index contributed by atoms with van der Waals surface area (Å²) in [7, 11) is 0. The van der Waals surface area contributed by atoms with E-state index in [-0.39, 0.29) is 0 Å². The second-order valence-corrected chi connectivity index (χ2v) is 3.25. The topological polar surface area (TPSA) is 26.3 Å². The van der Waals surface area contributed by atoms with Gasteiger partial charge in [0.2, 0.25) is 0 Å². The van der Waals surface area contributed by atoms with Gasteiger partial charge in [0.25, 0.3) is 0 Å². The van der Waals surface area contributed by atoms with Crippen LogP contribution < -0.4 is 0 Å². The average Bonchev–Trinajstić information content (AvgIpc) is 1.78. The number of halogens is 3. The third-order valence-corrected chi connectivity index (χ3v) is 0.705. The molecule has 13 heavy (non-hydrogen) atoms. The Hall–Kier alpha value is -1.18. The maximum absolute atomic E-state index is 11.5. The fourth-order valence-corrected chi connectivity index (χ4v) is 0.426. The highest BCUT2D eigenvalue weighted by molar-refractivity contribution is 5.88. The molecule has 2 nitrogen and oxygen atoms in total. The van der Waals surface area contributed by atoms with Crippen LogP contribution in [0.1, 0.15) is 20.8 Å². The molecule has 0 saturated heterocycles. The highest BCUT2D eigenvalue weighted by Crippen LogP contribution is 2.12. The van der Waals surface area contributed by atoms with E-state index in [0.29, 0.717) is 0 Å². The number of carbonyl (C=O) groups is 1. The summed E-state index contributed by atoms with van der Waals surface area (Å²) in [4.78, 5) is 10.6. The maximum atomic E-state index is 11.5. The zero-order valence-corrected chi connectivity index (χ0v) is 7.45. The van der Waals surface area contributed by atoms with Crippen LogP contribution in [0.15, 0.2) is 0 Å². The van der Waals surface area contributed by atoms with E-state index in [2.05, 4.69) is 4.74 Å². The third-order valence-electron chi connectivity index (χ3n) is 0.705. The molecule has 0 aromatic rings. The van der Waals surface area contributed by atoms with Crippen molar-refractivity contribution in [1.29, 1.82) is 0 Å². The van der Waals surface area contributed by atoms with Crippen LogP contribution in [0, 0.1) is 11.8 Å². The van der Waals surface area contributed by atoms with Crippen molar-refractivity contribution in [2.75, 3.05) is 0 Å². The highest BCUT2D eigenvalue weighted by Gasteiger charge is 2.24. The predicted molar refractivity (Wildman–Crippen MR) is 39.7 cm³/mol. The van der Waals surface area contributed by atoms with Crippen LogP contribution in [0.5, 0.6) is 0 Å². The summed E-state index contributed by atoms with van der Waals surface area (Å²) in [5.41, 5.74) is -0.822. The molecule has 74 valence electrons. The molecule has 0 bridgehead atoms. The Morgan fingerprint density at radius 2 is 1.69 bits per heavy atom. The van der Waals surface area contributed by atoms with Gasteiger partial charge in [-0.1, -0.05) is 0 Å². The van der Waals surface area contributed by atoms with E-state index in [9.17, 15) is 18.0 Å². The van der Waals surface area contributed by atoms with Crippen molar-refractivity contribution in [3.05, 3.63) is 0 Å². The number of ether oxygens (including phenoxy) is 1. The summed E-state index contributed by atoms with van der Waals surface area (Å²) in [5, 5.41) is 0. The first kappa shape index (κ1) is 11.8. The minimum atomic E-state index is -4.66. The van der Waals surface area contributed by atoms with Crippen LogP contribution in [0.25, 0.3) is 0 Å². The Labute approximate surface area is 74.1 Å². The molecule has 0 rings (SSSR count). The molecule has 5 heteroatoms. The first-order chi connectivity index (χ1) is 5.60. The summed E-state index contributed by atoms with van der Waals surface area (Å²) in [5.74, 6) is 0.987. The lowest BCUT2D eigenvalue weighted by molar-refractivity contribution is -0.147. The standard InChI is InChI=1S/C8H9F3O2/c1-7(2,3)13-6(12)4-5-8(9,10)11/h1-3H3. The molecule has 0 radical (unpaired) electrons. The van der Waals surface area contributed by atoms with Crippen LogP contribution in [0.3, 0.4) is 0 Å². The Morgan fingerprint density at radius 3 is 2.00 bits per heavy atom. The van der Waals surface area contributed by atoms with E-state index >= 15 is 0 Å². The number of hydrogen-bond donors (Lipinski definition) is 0. The van der Waals surface area contributed by atoms with Crippen LogP contribution in [0.2, 0.25) is 0 Å². The molecule has 0 aromatic carbocycles. The van der Waals surface area contributed by atoms with Crippen molar-refractivity contribution in [2.24, 2.45) is 0 Å². The van der Waals surface area contributed by atoms with Gasteiger partial charge in [-0.05, 0) is 20.8 Å². The number of carbonyl (C=O) groups excluding carboxylic acids is 1. The zero-order chi connectivity index (χ0) is 10.7. The lowest BCUT2D eigenvalue weighted by atomic mass is 10.2. The Balaban J connectivity index is 4.23. The fourth-order valence-electron chi connectivity index (χ4n) is 0.426. The molecule has 0 aromatic heterocycles. The fraction of sp³-hybridized carbons (Fsp3) is 0.625. The third kappa shape index (κ3) is 8.73. The quantitative estimate of drug-likeness (QED) is 0.334. The Morgan fingerprint density at radius 1 is 1.23 bits per heavy atom. The largest absolute Gasteiger partial charge is 0.458 e. The van der Waals surface area contributed by atoms with Gasteiger partial charge in [-0.3, -0.25) is 0 Å². The van der Waals surface area contributed by atoms with Crippen molar-refractivity contribution in [3.63, 3.8) is 0 Å². The van der Waals surface area contributed by atoms with Crippen LogP contribution in [-0.4, -0.2) is 17.7 Å². The van der Waals surface area contributed by atoms with Gasteiger partial charge in [0, 0.05) is 11.8 Å². The van der Waals surface area contributed by atoms with E-state index in [1.165, 1.54) is 5.92 Å². The van der Waals surface area contributed by atoms with E-state index < -0.39 is 17.7 Å². The van der Waals surface area contributed by atoms with Gasteiger partial charge in [0.15, 0.2) is 0 Å². The Kier molecular flexibility index (Phi) is 3.35. The minimum absolute atomic E-state index is 0.820. The number of esters is 1. The average molecular weight is 194 g/mol. The number of hydrogen-bond acceptors (Lipinski definition) is 2. The molecule has 0 amide bonds. The van der Waals surface area contributed by atoms with Gasteiger partial charge in [-0.25, -0.2) is 4.79 Å². The normalized spacial score (nSPS) is 11.5. The molecule has 0 fully saturated rings. The summed E-state index contributed by atoms with van der Waals surface area (Å²) >= 11 is 0. The van der Waals surface area contributed by atoms with Crippen LogP contribution >= 0.6 is 0 Å². The number of alkyl halides is 3. The molecule has 0 aliphatic rings. The molecule has 0 saturated carbocycles. The van der Waals surface area contributed by atoms with Gasteiger partial charge in [-0.15, -0.1) is 0 Å². The van der Waals surface area contributed by atoms with Gasteiger partial charge >= 0.3 is 12.1 Å². The van der Waals surface area contributed by atoms with Gasteiger partial charge in [0.1, 0.15) is 5.60 Å². The van der Waals surface area contributed by atoms with E-state index in [1.54, 1.807) is 20.8 Å². The molecule has 0 aliphatic carbocycles. The predicted octanol–water partition coefficient (Wildman–Crippen LogP) is 1.89. The molecule has 0 N–H and O–H groups in total. The van der Waals surface area contributed by atoms with Gasteiger partial charge in [0.05, 0.1) is 0 Å². The first-order valence-corrected chi connectivity index (χ1v) is 3.43. The Bertz CT molecular complexity index is 249. The van der Waals surface area contributed by atoms with Crippen molar-refractivity contribution < 1.29 is 22.7 Å². The van der Waals surface area contributed by atoms with Gasteiger partial charge < -0.3 is 4.74 Å². The molecular weight excluding hydrogens is 185 g/mol. The van der Waals surface area contributed by atoms with Crippen molar-refractivity contribution in [3.8, 4) is 11.8 Å². The van der Waals surface area contributed by atoms with Gasteiger partial charge in [-0.2, -0.15) is 13.2 Å². The van der Waals surface area contributed by atoms with Crippen molar-refractivity contribution >= 4 is 5.97 Å². The summed E-state index contributed by atoms with van der Waals surface area (Å²) in [6.07, 6.45) is -4.66. The lowest BCUT2D eigenvalue weighted by Gasteiger charge is -2.16. The minimum Gasteiger partial charge on any atom is -0.450 e. The second-order valence-electron chi connectivity index (χ2n) is 3.25. The SMILES string of the molecule is CC(C)(C)OC(=O)C#CC(F)(F)F.